The molecule has 4 aliphatic rings. The summed E-state index contributed by atoms with van der Waals surface area (Å²) in [5.74, 6) is 4.19. The monoisotopic (exact) mass is 457 g/mol. The van der Waals surface area contributed by atoms with Crippen molar-refractivity contribution in [3.63, 3.8) is 0 Å². The van der Waals surface area contributed by atoms with Crippen molar-refractivity contribution in [2.75, 3.05) is 0 Å². The lowest BCUT2D eigenvalue weighted by Gasteiger charge is -2.58. The van der Waals surface area contributed by atoms with Crippen molar-refractivity contribution < 1.29 is 9.90 Å². The van der Waals surface area contributed by atoms with E-state index in [0.29, 0.717) is 29.1 Å². The highest BCUT2D eigenvalue weighted by molar-refractivity contribution is 5.76. The fourth-order valence-corrected chi connectivity index (χ4v) is 9.47. The topological polar surface area (TPSA) is 40.5 Å². The van der Waals surface area contributed by atoms with E-state index in [4.69, 9.17) is 0 Å². The largest absolute Gasteiger partial charge is 0.393 e. The fraction of sp³-hybridized carbons (Fsp3) is 0.900. The van der Waals surface area contributed by atoms with Crippen molar-refractivity contribution >= 4 is 5.91 Å². The first-order valence-corrected chi connectivity index (χ1v) is 14.2. The molecule has 3 fully saturated rings. The first-order valence-electron chi connectivity index (χ1n) is 14.2. The highest BCUT2D eigenvalue weighted by Gasteiger charge is 2.59. The molecule has 3 saturated carbocycles. The van der Waals surface area contributed by atoms with Gasteiger partial charge in [-0.05, 0) is 126 Å². The molecule has 0 aliphatic heterocycles. The number of aliphatic hydroxyl groups is 1. The Morgan fingerprint density at radius 3 is 2.39 bits per heavy atom. The van der Waals surface area contributed by atoms with Crippen molar-refractivity contribution in [1.82, 2.24) is 4.90 Å². The van der Waals surface area contributed by atoms with Crippen LogP contribution in [0.4, 0.5) is 0 Å². The average molecular weight is 458 g/mol. The molecule has 33 heavy (non-hydrogen) atoms. The zero-order chi connectivity index (χ0) is 24.1. The van der Waals surface area contributed by atoms with Crippen LogP contribution in [0, 0.1) is 40.4 Å². The van der Waals surface area contributed by atoms with Crippen molar-refractivity contribution in [3.05, 3.63) is 11.6 Å². The Morgan fingerprint density at radius 1 is 1.03 bits per heavy atom. The smallest absolute Gasteiger partial charge is 0.223 e. The lowest BCUT2D eigenvalue weighted by atomic mass is 9.47. The Morgan fingerprint density at radius 2 is 1.73 bits per heavy atom. The first kappa shape index (κ1) is 25.3. The molecule has 0 radical (unpaired) electrons. The molecule has 0 saturated heterocycles. The van der Waals surface area contributed by atoms with Crippen LogP contribution in [0.15, 0.2) is 11.6 Å². The molecule has 3 heteroatoms. The maximum absolute atomic E-state index is 13.0. The van der Waals surface area contributed by atoms with Gasteiger partial charge in [-0.3, -0.25) is 4.79 Å². The minimum Gasteiger partial charge on any atom is -0.393 e. The van der Waals surface area contributed by atoms with E-state index in [9.17, 15) is 9.90 Å². The molecule has 4 rings (SSSR count). The van der Waals surface area contributed by atoms with Crippen LogP contribution in [0.25, 0.3) is 0 Å². The van der Waals surface area contributed by atoms with Gasteiger partial charge in [-0.15, -0.1) is 0 Å². The number of rotatable bonds is 6. The van der Waals surface area contributed by atoms with Gasteiger partial charge in [0.15, 0.2) is 0 Å². The van der Waals surface area contributed by atoms with Gasteiger partial charge in [0.05, 0.1) is 6.10 Å². The third kappa shape index (κ3) is 4.34. The summed E-state index contributed by atoms with van der Waals surface area (Å²) in [6.07, 6.45) is 13.9. The molecular weight excluding hydrogens is 406 g/mol. The van der Waals surface area contributed by atoms with Crippen LogP contribution in [0.1, 0.15) is 113 Å². The summed E-state index contributed by atoms with van der Waals surface area (Å²) < 4.78 is 0. The van der Waals surface area contributed by atoms with Gasteiger partial charge < -0.3 is 10.0 Å². The summed E-state index contributed by atoms with van der Waals surface area (Å²) in [6.45, 7) is 16.1. The highest BCUT2D eigenvalue weighted by Crippen LogP contribution is 2.67. The van der Waals surface area contributed by atoms with Gasteiger partial charge in [0.2, 0.25) is 5.91 Å². The highest BCUT2D eigenvalue weighted by atomic mass is 16.3. The maximum Gasteiger partial charge on any atom is 0.223 e. The number of carbonyl (C=O) groups is 1. The van der Waals surface area contributed by atoms with Gasteiger partial charge >= 0.3 is 0 Å². The predicted molar refractivity (Wildman–Crippen MR) is 137 cm³/mol. The van der Waals surface area contributed by atoms with Crippen molar-refractivity contribution in [3.8, 4) is 0 Å². The van der Waals surface area contributed by atoms with E-state index in [0.717, 1.165) is 42.9 Å². The zero-order valence-electron chi connectivity index (χ0n) is 22.6. The second kappa shape index (κ2) is 9.32. The Balaban J connectivity index is 1.44. The van der Waals surface area contributed by atoms with Crippen LogP contribution in [-0.2, 0) is 4.79 Å². The van der Waals surface area contributed by atoms with Gasteiger partial charge in [-0.2, -0.15) is 0 Å². The van der Waals surface area contributed by atoms with Gasteiger partial charge in [0, 0.05) is 18.5 Å². The van der Waals surface area contributed by atoms with Crippen LogP contribution >= 0.6 is 0 Å². The van der Waals surface area contributed by atoms with Crippen LogP contribution in [0.2, 0.25) is 0 Å². The number of allylic oxidation sites excluding steroid dienone is 1. The number of fused-ring (bicyclic) bond motifs is 5. The van der Waals surface area contributed by atoms with E-state index in [1.807, 2.05) is 0 Å². The number of carbonyl (C=O) groups excluding carboxylic acids is 1. The molecule has 0 aromatic carbocycles. The van der Waals surface area contributed by atoms with E-state index in [-0.39, 0.29) is 18.2 Å². The van der Waals surface area contributed by atoms with E-state index in [1.54, 1.807) is 5.57 Å². The number of nitrogens with zero attached hydrogens (tertiary/aromatic N) is 1. The SMILES string of the molecule is CC(C)N(C(=O)CC[C@@H](C)[C@H]1CCC2[C@@H]3CC=C4C[C@@H](O)CC[C@]4(C)C3CC[C@@]21C)C(C)C. The van der Waals surface area contributed by atoms with Crippen LogP contribution in [0.5, 0.6) is 0 Å². The first-order chi connectivity index (χ1) is 15.5. The Kier molecular flexibility index (Phi) is 7.14. The van der Waals surface area contributed by atoms with E-state index in [1.165, 1.54) is 38.5 Å². The van der Waals surface area contributed by atoms with E-state index < -0.39 is 0 Å². The molecule has 2 unspecified atom stereocenters. The second-order valence-corrected chi connectivity index (χ2v) is 13.4. The van der Waals surface area contributed by atoms with Crippen molar-refractivity contribution in [2.45, 2.75) is 131 Å². The molecular formula is C30H51NO2. The summed E-state index contributed by atoms with van der Waals surface area (Å²) in [4.78, 5) is 15.1. The molecule has 8 atom stereocenters. The molecule has 4 aliphatic carbocycles. The molecule has 188 valence electrons. The van der Waals surface area contributed by atoms with Gasteiger partial charge in [0.1, 0.15) is 0 Å². The lowest BCUT2D eigenvalue weighted by molar-refractivity contribution is -0.135. The summed E-state index contributed by atoms with van der Waals surface area (Å²) >= 11 is 0. The molecule has 0 heterocycles. The normalized spacial score (nSPS) is 41.3. The summed E-state index contributed by atoms with van der Waals surface area (Å²) in [5.41, 5.74) is 2.35. The third-order valence-electron chi connectivity index (χ3n) is 11.1. The van der Waals surface area contributed by atoms with Crippen molar-refractivity contribution in [1.29, 1.82) is 0 Å². The van der Waals surface area contributed by atoms with Gasteiger partial charge in [-0.25, -0.2) is 0 Å². The predicted octanol–water partition coefficient (Wildman–Crippen LogP) is 6.99. The van der Waals surface area contributed by atoms with Crippen LogP contribution in [-0.4, -0.2) is 34.1 Å². The Labute approximate surface area is 203 Å². The summed E-state index contributed by atoms with van der Waals surface area (Å²) in [7, 11) is 0. The van der Waals surface area contributed by atoms with E-state index >= 15 is 0 Å². The number of amides is 1. The zero-order valence-corrected chi connectivity index (χ0v) is 22.6. The number of hydrogen-bond acceptors (Lipinski definition) is 2. The number of aliphatic hydroxyl groups excluding tert-OH is 1. The summed E-state index contributed by atoms with van der Waals surface area (Å²) in [5, 5.41) is 10.3. The van der Waals surface area contributed by atoms with E-state index in [2.05, 4.69) is 59.4 Å². The molecule has 1 N–H and O–H groups in total. The fourth-order valence-electron chi connectivity index (χ4n) is 9.47. The minimum atomic E-state index is -0.114. The standard InChI is InChI=1S/C30H51NO2/c1-19(2)31(20(3)4)28(33)13-8-21(5)25-11-12-26-24-10-9-22-18-23(32)14-16-29(22,6)27(24)15-17-30(25,26)7/h9,19-21,23-27,32H,8,10-18H2,1-7H3/t21-,23+,24+,25-,26?,27?,29+,30-/m1/s1. The summed E-state index contributed by atoms with van der Waals surface area (Å²) in [6, 6.07) is 0.561. The second-order valence-electron chi connectivity index (χ2n) is 13.4. The minimum absolute atomic E-state index is 0.114. The van der Waals surface area contributed by atoms with Crippen LogP contribution in [0.3, 0.4) is 0 Å². The lowest BCUT2D eigenvalue weighted by Crippen LogP contribution is -2.50. The molecule has 0 bridgehead atoms. The quantitative estimate of drug-likeness (QED) is 0.437. The number of hydrogen-bond donors (Lipinski definition) is 1. The Bertz CT molecular complexity index is 748. The molecule has 0 aromatic heterocycles. The maximum atomic E-state index is 13.0. The third-order valence-corrected chi connectivity index (χ3v) is 11.1. The van der Waals surface area contributed by atoms with Crippen LogP contribution < -0.4 is 0 Å². The molecule has 1 amide bonds. The molecule has 0 spiro atoms. The molecule has 0 aromatic rings. The molecule has 3 nitrogen and oxygen atoms in total. The Hall–Kier alpha value is -0.830. The van der Waals surface area contributed by atoms with Gasteiger partial charge in [-0.1, -0.05) is 32.4 Å². The van der Waals surface area contributed by atoms with Gasteiger partial charge in [0.25, 0.3) is 0 Å². The van der Waals surface area contributed by atoms with Crippen molar-refractivity contribution in [2.24, 2.45) is 40.4 Å². The average Bonchev–Trinajstić information content (AvgIpc) is 3.09.